The minimum absolute atomic E-state index is 0.0757. The molecule has 33 heavy (non-hydrogen) atoms. The van der Waals surface area contributed by atoms with Gasteiger partial charge in [0.2, 0.25) is 0 Å². The summed E-state index contributed by atoms with van der Waals surface area (Å²) in [6.07, 6.45) is 0. The monoisotopic (exact) mass is 472 g/mol. The predicted molar refractivity (Wildman–Crippen MR) is 119 cm³/mol. The van der Waals surface area contributed by atoms with Crippen LogP contribution in [-0.4, -0.2) is 49.4 Å². The van der Waals surface area contributed by atoms with Crippen LogP contribution in [-0.2, 0) is 9.84 Å². The molecule has 0 bridgehead atoms. The topological polar surface area (TPSA) is 151 Å². The molecular formula is C21H20N4O7S. The average molecular weight is 472 g/mol. The third kappa shape index (κ3) is 5.06. The second-order valence-corrected chi connectivity index (χ2v) is 8.90. The summed E-state index contributed by atoms with van der Waals surface area (Å²) in [4.78, 5) is 23.5. The van der Waals surface area contributed by atoms with Crippen molar-refractivity contribution in [1.82, 2.24) is 10.2 Å². The van der Waals surface area contributed by atoms with Crippen molar-refractivity contribution in [2.75, 3.05) is 25.3 Å². The Morgan fingerprint density at radius 1 is 1.03 bits per heavy atom. The standard InChI is InChI=1S/C21H20N4O7S/c1-4-33(29,30)20-10-9-16(23-24-20)13-5-7-14(8-6-13)22-21(26)15-11-18(31-2)19(32-3)12-17(15)25(27)28/h5-12H,4H2,1-3H3,(H,22,26). The second-order valence-electron chi connectivity index (χ2n) is 6.67. The van der Waals surface area contributed by atoms with Crippen molar-refractivity contribution in [3.8, 4) is 22.8 Å². The molecule has 3 rings (SSSR count). The van der Waals surface area contributed by atoms with E-state index in [2.05, 4.69) is 15.5 Å². The Morgan fingerprint density at radius 2 is 1.67 bits per heavy atom. The minimum atomic E-state index is -3.45. The summed E-state index contributed by atoms with van der Waals surface area (Å²) in [5.41, 5.74) is 0.835. The highest BCUT2D eigenvalue weighted by molar-refractivity contribution is 7.91. The van der Waals surface area contributed by atoms with E-state index < -0.39 is 26.4 Å². The molecule has 0 aliphatic heterocycles. The van der Waals surface area contributed by atoms with E-state index in [4.69, 9.17) is 9.47 Å². The van der Waals surface area contributed by atoms with E-state index in [9.17, 15) is 23.3 Å². The van der Waals surface area contributed by atoms with Gasteiger partial charge >= 0.3 is 0 Å². The van der Waals surface area contributed by atoms with Crippen molar-refractivity contribution in [3.63, 3.8) is 0 Å². The number of methoxy groups -OCH3 is 2. The maximum absolute atomic E-state index is 12.7. The minimum Gasteiger partial charge on any atom is -0.493 e. The number of nitro groups is 1. The van der Waals surface area contributed by atoms with Gasteiger partial charge in [0.05, 0.1) is 36.7 Å². The summed E-state index contributed by atoms with van der Waals surface area (Å²) in [7, 11) is -0.754. The Morgan fingerprint density at radius 3 is 2.18 bits per heavy atom. The van der Waals surface area contributed by atoms with Gasteiger partial charge in [-0.05, 0) is 24.3 Å². The Kier molecular flexibility index (Phi) is 6.87. The number of nitrogens with zero attached hydrogens (tertiary/aromatic N) is 3. The van der Waals surface area contributed by atoms with Gasteiger partial charge in [0.15, 0.2) is 26.4 Å². The molecule has 1 N–H and O–H groups in total. The van der Waals surface area contributed by atoms with Crippen LogP contribution in [0, 0.1) is 10.1 Å². The van der Waals surface area contributed by atoms with Crippen LogP contribution in [0.1, 0.15) is 17.3 Å². The first kappa shape index (κ1) is 23.6. The van der Waals surface area contributed by atoms with Crippen LogP contribution in [0.25, 0.3) is 11.3 Å². The number of anilines is 1. The van der Waals surface area contributed by atoms with Gasteiger partial charge in [0, 0.05) is 17.3 Å². The maximum Gasteiger partial charge on any atom is 0.286 e. The number of nitrogens with one attached hydrogen (secondary N) is 1. The largest absolute Gasteiger partial charge is 0.493 e. The van der Waals surface area contributed by atoms with Gasteiger partial charge in [-0.3, -0.25) is 14.9 Å². The molecule has 3 aromatic rings. The number of aromatic nitrogens is 2. The van der Waals surface area contributed by atoms with Crippen LogP contribution < -0.4 is 14.8 Å². The zero-order valence-electron chi connectivity index (χ0n) is 17.9. The number of sulfone groups is 1. The van der Waals surface area contributed by atoms with Gasteiger partial charge in [0.25, 0.3) is 11.6 Å². The van der Waals surface area contributed by atoms with Crippen molar-refractivity contribution >= 4 is 27.1 Å². The van der Waals surface area contributed by atoms with E-state index in [0.29, 0.717) is 16.9 Å². The normalized spacial score (nSPS) is 11.0. The lowest BCUT2D eigenvalue weighted by atomic mass is 10.1. The molecule has 0 saturated carbocycles. The summed E-state index contributed by atoms with van der Waals surface area (Å²) in [6.45, 7) is 1.52. The maximum atomic E-state index is 12.7. The number of ether oxygens (including phenoxy) is 2. The Labute approximate surface area is 189 Å². The number of rotatable bonds is 8. The van der Waals surface area contributed by atoms with Crippen LogP contribution in [0.2, 0.25) is 0 Å². The zero-order valence-corrected chi connectivity index (χ0v) is 18.8. The Hall–Kier alpha value is -4.06. The molecule has 1 aromatic heterocycles. The van der Waals surface area contributed by atoms with Gasteiger partial charge in [0.1, 0.15) is 5.56 Å². The van der Waals surface area contributed by atoms with Gasteiger partial charge in [-0.15, -0.1) is 10.2 Å². The molecular weight excluding hydrogens is 452 g/mol. The average Bonchev–Trinajstić information content (AvgIpc) is 2.83. The first-order valence-electron chi connectivity index (χ1n) is 9.58. The van der Waals surface area contributed by atoms with E-state index >= 15 is 0 Å². The fourth-order valence-corrected chi connectivity index (χ4v) is 3.65. The van der Waals surface area contributed by atoms with Crippen molar-refractivity contribution in [1.29, 1.82) is 0 Å². The van der Waals surface area contributed by atoms with Crippen LogP contribution in [0.4, 0.5) is 11.4 Å². The van der Waals surface area contributed by atoms with Crippen molar-refractivity contribution in [2.45, 2.75) is 11.9 Å². The fourth-order valence-electron chi connectivity index (χ4n) is 2.91. The van der Waals surface area contributed by atoms with Crippen molar-refractivity contribution in [2.24, 2.45) is 0 Å². The zero-order chi connectivity index (χ0) is 24.2. The summed E-state index contributed by atoms with van der Waals surface area (Å²) in [5, 5.41) is 21.7. The smallest absolute Gasteiger partial charge is 0.286 e. The number of carbonyl (C=O) groups is 1. The van der Waals surface area contributed by atoms with E-state index in [1.54, 1.807) is 24.3 Å². The Bertz CT molecular complexity index is 1290. The van der Waals surface area contributed by atoms with Crippen LogP contribution in [0.3, 0.4) is 0 Å². The molecule has 0 atom stereocenters. The third-order valence-corrected chi connectivity index (χ3v) is 6.34. The molecule has 0 unspecified atom stereocenters. The summed E-state index contributed by atoms with van der Waals surface area (Å²) in [6, 6.07) is 11.7. The quantitative estimate of drug-likeness (QED) is 0.385. The number of hydrogen-bond donors (Lipinski definition) is 1. The van der Waals surface area contributed by atoms with E-state index in [1.165, 1.54) is 39.3 Å². The molecule has 0 aliphatic rings. The SMILES string of the molecule is CCS(=O)(=O)c1ccc(-c2ccc(NC(=O)c3cc(OC)c(OC)cc3[N+](=O)[O-])cc2)nn1. The first-order chi connectivity index (χ1) is 15.7. The highest BCUT2D eigenvalue weighted by atomic mass is 32.2. The van der Waals surface area contributed by atoms with Crippen molar-refractivity contribution in [3.05, 3.63) is 64.2 Å². The number of hydrogen-bond acceptors (Lipinski definition) is 9. The van der Waals surface area contributed by atoms with Crippen molar-refractivity contribution < 1.29 is 27.6 Å². The molecule has 0 spiro atoms. The lowest BCUT2D eigenvalue weighted by Crippen LogP contribution is -2.14. The number of benzene rings is 2. The summed E-state index contributed by atoms with van der Waals surface area (Å²) < 4.78 is 33.9. The van der Waals surface area contributed by atoms with Crippen LogP contribution in [0.15, 0.2) is 53.6 Å². The molecule has 11 nitrogen and oxygen atoms in total. The van der Waals surface area contributed by atoms with Gasteiger partial charge in [-0.25, -0.2) is 8.42 Å². The molecule has 1 heterocycles. The van der Waals surface area contributed by atoms with E-state index in [1.807, 2.05) is 0 Å². The molecule has 2 aromatic carbocycles. The predicted octanol–water partition coefficient (Wildman–Crippen LogP) is 3.11. The number of amides is 1. The van der Waals surface area contributed by atoms with Gasteiger partial charge in [-0.1, -0.05) is 19.1 Å². The molecule has 0 fully saturated rings. The summed E-state index contributed by atoms with van der Waals surface area (Å²) >= 11 is 0. The molecule has 12 heteroatoms. The third-order valence-electron chi connectivity index (χ3n) is 4.72. The molecule has 1 amide bonds. The van der Waals surface area contributed by atoms with Crippen LogP contribution >= 0.6 is 0 Å². The van der Waals surface area contributed by atoms with E-state index in [0.717, 1.165) is 6.07 Å². The molecule has 172 valence electrons. The van der Waals surface area contributed by atoms with Gasteiger partial charge < -0.3 is 14.8 Å². The lowest BCUT2D eigenvalue weighted by molar-refractivity contribution is -0.385. The number of nitro benzene ring substituents is 1. The highest BCUT2D eigenvalue weighted by Gasteiger charge is 2.24. The molecule has 0 radical (unpaired) electrons. The highest BCUT2D eigenvalue weighted by Crippen LogP contribution is 2.35. The van der Waals surface area contributed by atoms with Crippen LogP contribution in [0.5, 0.6) is 11.5 Å². The molecule has 0 saturated heterocycles. The first-order valence-corrected chi connectivity index (χ1v) is 11.2. The number of carbonyl (C=O) groups excluding carboxylic acids is 1. The Balaban J connectivity index is 1.83. The molecule has 0 aliphatic carbocycles. The second kappa shape index (κ2) is 9.61. The van der Waals surface area contributed by atoms with Gasteiger partial charge in [-0.2, -0.15) is 0 Å². The summed E-state index contributed by atoms with van der Waals surface area (Å²) in [5.74, 6) is -0.475. The van der Waals surface area contributed by atoms with E-state index in [-0.39, 0.29) is 27.8 Å². The lowest BCUT2D eigenvalue weighted by Gasteiger charge is -2.11. The fraction of sp³-hybridized carbons (Fsp3) is 0.190.